The molecule has 0 aromatic heterocycles. The molecule has 1 fully saturated rings. The van der Waals surface area contributed by atoms with Crippen molar-refractivity contribution in [3.05, 3.63) is 64.7 Å². The summed E-state index contributed by atoms with van der Waals surface area (Å²) in [4.78, 5) is 24.5. The summed E-state index contributed by atoms with van der Waals surface area (Å²) in [5.74, 6) is -0.136. The molecular weight excluding hydrogens is 374 g/mol. The molecule has 146 valence electrons. The summed E-state index contributed by atoms with van der Waals surface area (Å²) >= 11 is 6.02. The highest BCUT2D eigenvalue weighted by Crippen LogP contribution is 2.25. The Kier molecular flexibility index (Phi) is 6.82. The fourth-order valence-electron chi connectivity index (χ4n) is 3.31. The van der Waals surface area contributed by atoms with E-state index in [2.05, 4.69) is 15.8 Å². The number of anilines is 1. The maximum atomic E-state index is 12.3. The normalized spacial score (nSPS) is 15.1. The molecule has 2 aromatic rings. The lowest BCUT2D eigenvalue weighted by Crippen LogP contribution is -2.24. The Hall–Kier alpha value is -2.66. The maximum Gasteiger partial charge on any atom is 0.272 e. The maximum absolute atomic E-state index is 12.3. The Bertz CT molecular complexity index is 872. The van der Waals surface area contributed by atoms with Gasteiger partial charge in [0.1, 0.15) is 0 Å². The number of carbonyl (C=O) groups excluding carboxylic acids is 2. The first-order valence-corrected chi connectivity index (χ1v) is 9.93. The van der Waals surface area contributed by atoms with Crippen molar-refractivity contribution in [2.24, 2.45) is 11.0 Å². The van der Waals surface area contributed by atoms with Crippen LogP contribution in [0.5, 0.6) is 0 Å². The second-order valence-electron chi connectivity index (χ2n) is 7.02. The van der Waals surface area contributed by atoms with Crippen molar-refractivity contribution in [2.45, 2.75) is 39.0 Å². The van der Waals surface area contributed by atoms with Gasteiger partial charge in [-0.3, -0.25) is 9.59 Å². The van der Waals surface area contributed by atoms with Crippen molar-refractivity contribution in [3.63, 3.8) is 0 Å². The highest BCUT2D eigenvalue weighted by atomic mass is 35.5. The second-order valence-corrected chi connectivity index (χ2v) is 7.43. The van der Waals surface area contributed by atoms with Crippen LogP contribution < -0.4 is 10.7 Å². The zero-order valence-electron chi connectivity index (χ0n) is 15.9. The first-order chi connectivity index (χ1) is 13.5. The molecule has 6 heteroatoms. The van der Waals surface area contributed by atoms with Crippen LogP contribution in [0.15, 0.2) is 53.6 Å². The molecule has 0 heterocycles. The van der Waals surface area contributed by atoms with Crippen LogP contribution in [0.2, 0.25) is 5.02 Å². The zero-order chi connectivity index (χ0) is 19.9. The van der Waals surface area contributed by atoms with Crippen LogP contribution in [0.4, 0.5) is 5.69 Å². The minimum absolute atomic E-state index is 0.102. The van der Waals surface area contributed by atoms with Gasteiger partial charge in [-0.25, -0.2) is 5.43 Å². The predicted octanol–water partition coefficient (Wildman–Crippen LogP) is 5.01. The molecule has 0 radical (unpaired) electrons. The van der Waals surface area contributed by atoms with Crippen molar-refractivity contribution in [3.8, 4) is 0 Å². The number of hydrazone groups is 1. The Balaban J connectivity index is 1.59. The highest BCUT2D eigenvalue weighted by Gasteiger charge is 2.21. The molecule has 2 amide bonds. The first-order valence-electron chi connectivity index (χ1n) is 9.55. The number of amides is 2. The van der Waals surface area contributed by atoms with Gasteiger partial charge >= 0.3 is 0 Å². The molecule has 0 aliphatic heterocycles. The van der Waals surface area contributed by atoms with E-state index in [-0.39, 0.29) is 17.7 Å². The average Bonchev–Trinajstić information content (AvgIpc) is 2.73. The molecular formula is C22H24ClN3O2. The van der Waals surface area contributed by atoms with E-state index in [0.717, 1.165) is 36.9 Å². The zero-order valence-corrected chi connectivity index (χ0v) is 16.6. The molecule has 1 aliphatic carbocycles. The smallest absolute Gasteiger partial charge is 0.272 e. The van der Waals surface area contributed by atoms with Gasteiger partial charge in [0.2, 0.25) is 5.91 Å². The third-order valence-corrected chi connectivity index (χ3v) is 5.32. The van der Waals surface area contributed by atoms with Crippen LogP contribution in [0, 0.1) is 5.92 Å². The van der Waals surface area contributed by atoms with E-state index < -0.39 is 0 Å². The first kappa shape index (κ1) is 20.1. The summed E-state index contributed by atoms with van der Waals surface area (Å²) in [6.07, 6.45) is 5.44. The molecule has 0 saturated heterocycles. The van der Waals surface area contributed by atoms with E-state index in [4.69, 9.17) is 11.6 Å². The van der Waals surface area contributed by atoms with Gasteiger partial charge in [-0.2, -0.15) is 5.10 Å². The highest BCUT2D eigenvalue weighted by molar-refractivity contribution is 6.33. The number of nitrogens with zero attached hydrogens (tertiary/aromatic N) is 1. The molecule has 2 N–H and O–H groups in total. The molecule has 1 aliphatic rings. The molecule has 0 spiro atoms. The quantitative estimate of drug-likeness (QED) is 0.549. The van der Waals surface area contributed by atoms with Gasteiger partial charge < -0.3 is 5.32 Å². The van der Waals surface area contributed by atoms with Gasteiger partial charge in [0.25, 0.3) is 5.91 Å². The summed E-state index contributed by atoms with van der Waals surface area (Å²) in [5.41, 5.74) is 5.18. The third-order valence-electron chi connectivity index (χ3n) is 4.99. The number of benzene rings is 2. The lowest BCUT2D eigenvalue weighted by Gasteiger charge is -2.20. The number of nitrogens with one attached hydrogen (secondary N) is 2. The molecule has 0 unspecified atom stereocenters. The molecule has 1 saturated carbocycles. The van der Waals surface area contributed by atoms with E-state index in [1.807, 2.05) is 31.2 Å². The van der Waals surface area contributed by atoms with E-state index >= 15 is 0 Å². The number of hydrogen-bond donors (Lipinski definition) is 2. The molecule has 2 aromatic carbocycles. The van der Waals surface area contributed by atoms with Gasteiger partial charge in [-0.15, -0.1) is 0 Å². The van der Waals surface area contributed by atoms with E-state index in [9.17, 15) is 9.59 Å². The van der Waals surface area contributed by atoms with E-state index in [0.29, 0.717) is 16.3 Å². The lowest BCUT2D eigenvalue weighted by atomic mass is 9.88. The standard InChI is InChI=1S/C22H24ClN3O2/c1-15(25-26-22(28)19-9-5-6-10-20(19)23)16-11-13-18(14-12-16)24-21(27)17-7-3-2-4-8-17/h5-6,9-14,17H,2-4,7-8H2,1H3,(H,24,27)(H,26,28)/b25-15-. The van der Waals surface area contributed by atoms with Crippen molar-refractivity contribution in [1.82, 2.24) is 5.43 Å². The van der Waals surface area contributed by atoms with Crippen LogP contribution in [0.25, 0.3) is 0 Å². The van der Waals surface area contributed by atoms with E-state index in [1.165, 1.54) is 6.42 Å². The largest absolute Gasteiger partial charge is 0.326 e. The summed E-state index contributed by atoms with van der Waals surface area (Å²) in [6.45, 7) is 1.81. The SMILES string of the molecule is C/C(=N/NC(=O)c1ccccc1Cl)c1ccc(NC(=O)C2CCCCC2)cc1. The number of halogens is 1. The van der Waals surface area contributed by atoms with Crippen LogP contribution in [-0.2, 0) is 4.79 Å². The second kappa shape index (κ2) is 9.51. The summed E-state index contributed by atoms with van der Waals surface area (Å²) in [7, 11) is 0. The number of carbonyl (C=O) groups is 2. The Morgan fingerprint density at radius 3 is 2.36 bits per heavy atom. The fourth-order valence-corrected chi connectivity index (χ4v) is 3.53. The summed E-state index contributed by atoms with van der Waals surface area (Å²) < 4.78 is 0. The van der Waals surface area contributed by atoms with Gasteiger partial charge in [0.05, 0.1) is 16.3 Å². The average molecular weight is 398 g/mol. The van der Waals surface area contributed by atoms with Crippen molar-refractivity contribution in [1.29, 1.82) is 0 Å². The van der Waals surface area contributed by atoms with Crippen molar-refractivity contribution in [2.75, 3.05) is 5.32 Å². The number of hydrogen-bond acceptors (Lipinski definition) is 3. The topological polar surface area (TPSA) is 70.6 Å². The Morgan fingerprint density at radius 2 is 1.68 bits per heavy atom. The predicted molar refractivity (Wildman–Crippen MR) is 113 cm³/mol. The van der Waals surface area contributed by atoms with Crippen molar-refractivity contribution >= 4 is 34.8 Å². The molecule has 0 bridgehead atoms. The lowest BCUT2D eigenvalue weighted by molar-refractivity contribution is -0.120. The Morgan fingerprint density at radius 1 is 1.00 bits per heavy atom. The van der Waals surface area contributed by atoms with Crippen LogP contribution in [-0.4, -0.2) is 17.5 Å². The monoisotopic (exact) mass is 397 g/mol. The minimum Gasteiger partial charge on any atom is -0.326 e. The van der Waals surface area contributed by atoms with Gasteiger partial charge in [0.15, 0.2) is 0 Å². The minimum atomic E-state index is -0.360. The van der Waals surface area contributed by atoms with Crippen LogP contribution in [0.1, 0.15) is 54.9 Å². The molecule has 28 heavy (non-hydrogen) atoms. The van der Waals surface area contributed by atoms with Crippen LogP contribution >= 0.6 is 11.6 Å². The number of rotatable bonds is 5. The molecule has 3 rings (SSSR count). The summed E-state index contributed by atoms with van der Waals surface area (Å²) in [6, 6.07) is 14.3. The molecule has 5 nitrogen and oxygen atoms in total. The third kappa shape index (κ3) is 5.20. The Labute approximate surface area is 170 Å². The van der Waals surface area contributed by atoms with E-state index in [1.54, 1.807) is 24.3 Å². The van der Waals surface area contributed by atoms with Crippen molar-refractivity contribution < 1.29 is 9.59 Å². The van der Waals surface area contributed by atoms with Gasteiger partial charge in [-0.1, -0.05) is 55.1 Å². The van der Waals surface area contributed by atoms with Crippen LogP contribution in [0.3, 0.4) is 0 Å². The van der Waals surface area contributed by atoms with Gasteiger partial charge in [-0.05, 0) is 49.6 Å². The fraction of sp³-hybridized carbons (Fsp3) is 0.318. The summed E-state index contributed by atoms with van der Waals surface area (Å²) in [5, 5.41) is 7.52. The molecule has 0 atom stereocenters. The van der Waals surface area contributed by atoms with Gasteiger partial charge in [0, 0.05) is 11.6 Å².